The van der Waals surface area contributed by atoms with Crippen molar-refractivity contribution in [2.24, 2.45) is 0 Å². The number of unbranched alkanes of at least 4 members (excludes halogenated alkanes) is 1. The van der Waals surface area contributed by atoms with E-state index in [0.717, 1.165) is 55.3 Å². The molecule has 2 aliphatic heterocycles. The van der Waals surface area contributed by atoms with Crippen LogP contribution in [0.1, 0.15) is 68.2 Å². The highest BCUT2D eigenvalue weighted by atomic mass is 33.1. The average molecular weight is 468 g/mol. The van der Waals surface area contributed by atoms with Crippen LogP contribution in [0.15, 0.2) is 36.4 Å². The van der Waals surface area contributed by atoms with Crippen molar-refractivity contribution < 1.29 is 9.53 Å². The summed E-state index contributed by atoms with van der Waals surface area (Å²) >= 11 is 0. The topological polar surface area (TPSA) is 29.5 Å². The van der Waals surface area contributed by atoms with Gasteiger partial charge in [0.2, 0.25) is 0 Å². The molecule has 0 aromatic heterocycles. The number of carbonyl (C=O) groups excluding carboxylic acids is 1. The lowest BCUT2D eigenvalue weighted by atomic mass is 9.77. The molecule has 0 unspecified atom stereocenters. The third-order valence-corrected chi connectivity index (χ3v) is 10.1. The smallest absolute Gasteiger partial charge is 0.311 e. The summed E-state index contributed by atoms with van der Waals surface area (Å²) in [5.41, 5.74) is 6.66. The van der Waals surface area contributed by atoms with E-state index in [4.69, 9.17) is 4.74 Å². The van der Waals surface area contributed by atoms with Crippen molar-refractivity contribution in [1.29, 1.82) is 0 Å². The number of carbonyl (C=O) groups is 1. The van der Waals surface area contributed by atoms with Crippen molar-refractivity contribution in [3.8, 4) is 16.9 Å². The lowest BCUT2D eigenvalue weighted by Gasteiger charge is -2.41. The quantitative estimate of drug-likeness (QED) is 0.184. The monoisotopic (exact) mass is 467 g/mol. The molecule has 0 N–H and O–H groups in total. The summed E-state index contributed by atoms with van der Waals surface area (Å²) in [4.78, 5) is 15.3. The summed E-state index contributed by atoms with van der Waals surface area (Å²) in [5.74, 6) is 1.93. The summed E-state index contributed by atoms with van der Waals surface area (Å²) in [5, 5.41) is 0.779. The van der Waals surface area contributed by atoms with Gasteiger partial charge in [-0.25, -0.2) is 0 Å². The largest absolute Gasteiger partial charge is 0.426 e. The number of ether oxygens (including phenoxy) is 1. The van der Waals surface area contributed by atoms with E-state index < -0.39 is 0 Å². The molecule has 0 bridgehead atoms. The van der Waals surface area contributed by atoms with E-state index in [1.165, 1.54) is 47.3 Å². The first-order valence-electron chi connectivity index (χ1n) is 12.2. The summed E-state index contributed by atoms with van der Waals surface area (Å²) in [7, 11) is 4.01. The van der Waals surface area contributed by atoms with Crippen LogP contribution in [0.5, 0.6) is 5.75 Å². The molecule has 0 amide bonds. The molecule has 2 atom stereocenters. The predicted octanol–water partition coefficient (Wildman–Crippen LogP) is 6.84. The highest BCUT2D eigenvalue weighted by Gasteiger charge is 2.35. The molecule has 3 aliphatic rings. The summed E-state index contributed by atoms with van der Waals surface area (Å²) < 4.78 is 5.98. The molecular weight excluding hydrogens is 434 g/mol. The van der Waals surface area contributed by atoms with Crippen LogP contribution in [0.2, 0.25) is 0 Å². The van der Waals surface area contributed by atoms with Crippen LogP contribution >= 0.6 is 21.6 Å². The van der Waals surface area contributed by atoms with Gasteiger partial charge in [0.05, 0.1) is 0 Å². The molecule has 0 radical (unpaired) electrons. The zero-order valence-electron chi connectivity index (χ0n) is 19.0. The summed E-state index contributed by atoms with van der Waals surface area (Å²) in [6, 6.07) is 13.4. The fraction of sp³-hybridized carbons (Fsp3) is 0.519. The maximum absolute atomic E-state index is 12.7. The number of fused-ring (bicyclic) bond motifs is 2. The third-order valence-electron chi connectivity index (χ3n) is 7.05. The Labute approximate surface area is 200 Å². The molecule has 0 spiro atoms. The van der Waals surface area contributed by atoms with Gasteiger partial charge in [-0.15, -0.1) is 0 Å². The number of hydrogen-bond acceptors (Lipinski definition) is 5. The molecule has 0 saturated carbocycles. The first-order chi connectivity index (χ1) is 15.7. The fourth-order valence-electron chi connectivity index (χ4n) is 5.56. The van der Waals surface area contributed by atoms with Crippen LogP contribution in [-0.2, 0) is 17.6 Å². The van der Waals surface area contributed by atoms with Gasteiger partial charge in [0, 0.05) is 35.6 Å². The lowest BCUT2D eigenvalue weighted by Crippen LogP contribution is -2.38. The van der Waals surface area contributed by atoms with Crippen LogP contribution in [0.4, 0.5) is 0 Å². The molecule has 2 heterocycles. The number of esters is 1. The van der Waals surface area contributed by atoms with Gasteiger partial charge in [-0.05, 0) is 73.4 Å². The standard InChI is InChI=1S/C27H33NO2S2/c1-2-15-28-16-13-19-7-5-10-22-26(19)23(28)18-20-8-6-11-24(27(20)22)30-25(29)12-4-3-9-21-14-17-31-32-21/h5-8,10-11,21,23H,2-4,9,12-18H2,1H3/t21-,23+/m0/s1. The van der Waals surface area contributed by atoms with Crippen LogP contribution in [0, 0.1) is 0 Å². The Morgan fingerprint density at radius 2 is 2.03 bits per heavy atom. The lowest BCUT2D eigenvalue weighted by molar-refractivity contribution is -0.134. The molecule has 1 fully saturated rings. The third kappa shape index (κ3) is 4.62. The first kappa shape index (κ1) is 22.4. The Kier molecular flexibility index (Phi) is 7.15. The van der Waals surface area contributed by atoms with E-state index in [0.29, 0.717) is 12.5 Å². The molecule has 170 valence electrons. The van der Waals surface area contributed by atoms with Crippen LogP contribution in [-0.4, -0.2) is 35.0 Å². The van der Waals surface area contributed by atoms with Gasteiger partial charge in [-0.3, -0.25) is 9.69 Å². The molecule has 3 nitrogen and oxygen atoms in total. The van der Waals surface area contributed by atoms with Crippen LogP contribution in [0.25, 0.3) is 11.1 Å². The minimum absolute atomic E-state index is 0.0913. The summed E-state index contributed by atoms with van der Waals surface area (Å²) in [6.07, 6.45) is 8.36. The van der Waals surface area contributed by atoms with Crippen molar-refractivity contribution in [1.82, 2.24) is 4.90 Å². The van der Waals surface area contributed by atoms with Gasteiger partial charge in [0.1, 0.15) is 5.75 Å². The minimum Gasteiger partial charge on any atom is -0.426 e. The Bertz CT molecular complexity index is 970. The maximum Gasteiger partial charge on any atom is 0.311 e. The molecular formula is C27H33NO2S2. The SMILES string of the molecule is CCCN1CCc2cccc3c2[C@H]1Cc1cccc(OC(=O)CCCC[C@H]2CCSS2)c1-3. The number of rotatable bonds is 8. The highest BCUT2D eigenvalue weighted by Crippen LogP contribution is 2.48. The van der Waals surface area contributed by atoms with E-state index in [1.54, 1.807) is 0 Å². The average Bonchev–Trinajstić information content (AvgIpc) is 3.32. The second-order valence-electron chi connectivity index (χ2n) is 9.22. The van der Waals surface area contributed by atoms with Crippen molar-refractivity contribution >= 4 is 27.6 Å². The van der Waals surface area contributed by atoms with E-state index in [9.17, 15) is 4.79 Å². The van der Waals surface area contributed by atoms with Gasteiger partial charge in [0.15, 0.2) is 0 Å². The van der Waals surface area contributed by atoms with E-state index in [-0.39, 0.29) is 5.97 Å². The predicted molar refractivity (Wildman–Crippen MR) is 136 cm³/mol. The molecule has 5 rings (SSSR count). The minimum atomic E-state index is -0.0913. The Balaban J connectivity index is 1.32. The molecule has 2 aromatic rings. The fourth-order valence-corrected chi connectivity index (χ4v) is 8.58. The Morgan fingerprint density at radius 3 is 2.88 bits per heavy atom. The highest BCUT2D eigenvalue weighted by molar-refractivity contribution is 8.77. The second kappa shape index (κ2) is 10.2. The number of nitrogens with zero attached hydrogens (tertiary/aromatic N) is 1. The van der Waals surface area contributed by atoms with Crippen LogP contribution in [0.3, 0.4) is 0 Å². The number of benzene rings is 2. The van der Waals surface area contributed by atoms with Crippen molar-refractivity contribution in [3.63, 3.8) is 0 Å². The second-order valence-corrected chi connectivity index (χ2v) is 12.0. The van der Waals surface area contributed by atoms with Gasteiger partial charge < -0.3 is 4.74 Å². The van der Waals surface area contributed by atoms with Crippen molar-refractivity contribution in [2.45, 2.75) is 69.6 Å². The zero-order chi connectivity index (χ0) is 21.9. The maximum atomic E-state index is 12.7. The zero-order valence-corrected chi connectivity index (χ0v) is 20.6. The van der Waals surface area contributed by atoms with Gasteiger partial charge in [-0.2, -0.15) is 0 Å². The Hall–Kier alpha value is -1.43. The number of hydrogen-bond donors (Lipinski definition) is 0. The van der Waals surface area contributed by atoms with Gasteiger partial charge >= 0.3 is 5.97 Å². The van der Waals surface area contributed by atoms with E-state index >= 15 is 0 Å². The van der Waals surface area contributed by atoms with Gasteiger partial charge in [0.25, 0.3) is 0 Å². The molecule has 2 aromatic carbocycles. The Morgan fingerprint density at radius 1 is 1.16 bits per heavy atom. The normalized spacial score (nSPS) is 21.8. The molecule has 32 heavy (non-hydrogen) atoms. The summed E-state index contributed by atoms with van der Waals surface area (Å²) in [6.45, 7) is 4.54. The van der Waals surface area contributed by atoms with Crippen molar-refractivity contribution in [3.05, 3.63) is 53.1 Å². The molecule has 5 heteroatoms. The molecule has 1 saturated heterocycles. The van der Waals surface area contributed by atoms with E-state index in [1.807, 2.05) is 27.7 Å². The molecule has 1 aliphatic carbocycles. The first-order valence-corrected chi connectivity index (χ1v) is 14.6. The van der Waals surface area contributed by atoms with Gasteiger partial charge in [-0.1, -0.05) is 65.3 Å². The van der Waals surface area contributed by atoms with Crippen LogP contribution < -0.4 is 4.74 Å². The van der Waals surface area contributed by atoms with E-state index in [2.05, 4.69) is 42.2 Å². The van der Waals surface area contributed by atoms with Crippen molar-refractivity contribution in [2.75, 3.05) is 18.8 Å².